The summed E-state index contributed by atoms with van der Waals surface area (Å²) >= 11 is 0. The smallest absolute Gasteiger partial charge is 0.251 e. The Labute approximate surface area is 152 Å². The van der Waals surface area contributed by atoms with Crippen LogP contribution in [0.3, 0.4) is 0 Å². The number of nitrogens with one attached hydrogen (secondary N) is 1. The van der Waals surface area contributed by atoms with Gasteiger partial charge in [0.1, 0.15) is 6.33 Å². The van der Waals surface area contributed by atoms with Gasteiger partial charge in [-0.05, 0) is 30.7 Å². The Hall–Kier alpha value is -2.36. The number of carbonyl (C=O) groups is 1. The molecule has 0 aliphatic carbocycles. The van der Waals surface area contributed by atoms with Crippen molar-refractivity contribution in [3.63, 3.8) is 0 Å². The molecule has 2 heterocycles. The number of ether oxygens (including phenoxy) is 1. The number of hydrogen-bond acceptors (Lipinski definition) is 6. The lowest BCUT2D eigenvalue weighted by Crippen LogP contribution is -2.30. The first-order chi connectivity index (χ1) is 12.5. The summed E-state index contributed by atoms with van der Waals surface area (Å²) in [6.07, 6.45) is 3.56. The molecule has 2 aromatic rings. The minimum Gasteiger partial charge on any atom is -0.380 e. The summed E-state index contributed by atoms with van der Waals surface area (Å²) < 4.78 is 32.2. The first-order valence-corrected chi connectivity index (χ1v) is 9.61. The maximum absolute atomic E-state index is 12.8. The van der Waals surface area contributed by atoms with Crippen LogP contribution in [0.5, 0.6) is 0 Å². The lowest BCUT2D eigenvalue weighted by molar-refractivity contribution is 0.0950. The van der Waals surface area contributed by atoms with Gasteiger partial charge in [0, 0.05) is 32.0 Å². The first kappa shape index (κ1) is 18.4. The van der Waals surface area contributed by atoms with E-state index in [0.29, 0.717) is 25.2 Å². The van der Waals surface area contributed by atoms with E-state index in [-0.39, 0.29) is 29.0 Å². The van der Waals surface area contributed by atoms with E-state index in [1.54, 1.807) is 31.5 Å². The Morgan fingerprint density at radius 3 is 2.92 bits per heavy atom. The standard InChI is InChI=1S/C17H20N4O4S/c1-25-15-6-8-21(11-15)26(23,24)16-4-2-3-13(9-16)17(22)19-10-14-5-7-18-12-20-14/h2-5,7,9,12,15H,6,8,10-11H2,1H3,(H,19,22)/t15-/m0/s1. The van der Waals surface area contributed by atoms with E-state index >= 15 is 0 Å². The van der Waals surface area contributed by atoms with E-state index in [0.717, 1.165) is 0 Å². The predicted molar refractivity (Wildman–Crippen MR) is 93.8 cm³/mol. The van der Waals surface area contributed by atoms with Crippen LogP contribution in [0.1, 0.15) is 22.5 Å². The van der Waals surface area contributed by atoms with Crippen LogP contribution in [0.2, 0.25) is 0 Å². The van der Waals surface area contributed by atoms with Crippen LogP contribution >= 0.6 is 0 Å². The summed E-state index contributed by atoms with van der Waals surface area (Å²) in [5.41, 5.74) is 0.947. The van der Waals surface area contributed by atoms with Crippen molar-refractivity contribution >= 4 is 15.9 Å². The highest BCUT2D eigenvalue weighted by Gasteiger charge is 2.32. The Balaban J connectivity index is 1.72. The average Bonchev–Trinajstić information content (AvgIpc) is 3.17. The van der Waals surface area contributed by atoms with Gasteiger partial charge in [-0.25, -0.2) is 18.4 Å². The molecule has 138 valence electrons. The number of benzene rings is 1. The molecule has 3 rings (SSSR count). The minimum absolute atomic E-state index is 0.0934. The lowest BCUT2D eigenvalue weighted by Gasteiger charge is -2.16. The van der Waals surface area contributed by atoms with Crippen LogP contribution in [0.25, 0.3) is 0 Å². The third kappa shape index (κ3) is 4.06. The van der Waals surface area contributed by atoms with Gasteiger partial charge in [0.2, 0.25) is 10.0 Å². The average molecular weight is 376 g/mol. The summed E-state index contributed by atoms with van der Waals surface area (Å²) in [5.74, 6) is -0.364. The molecule has 9 heteroatoms. The number of nitrogens with zero attached hydrogens (tertiary/aromatic N) is 3. The lowest BCUT2D eigenvalue weighted by atomic mass is 10.2. The fourth-order valence-corrected chi connectivity index (χ4v) is 4.28. The molecule has 0 spiro atoms. The van der Waals surface area contributed by atoms with E-state index in [1.165, 1.54) is 22.8 Å². The number of carbonyl (C=O) groups excluding carboxylic acids is 1. The Kier molecular flexibility index (Phi) is 5.60. The van der Waals surface area contributed by atoms with Crippen molar-refractivity contribution < 1.29 is 17.9 Å². The number of amides is 1. The molecule has 1 N–H and O–H groups in total. The molecular weight excluding hydrogens is 356 g/mol. The van der Waals surface area contributed by atoms with Gasteiger partial charge in [0.15, 0.2) is 0 Å². The van der Waals surface area contributed by atoms with Crippen molar-refractivity contribution in [1.29, 1.82) is 0 Å². The van der Waals surface area contributed by atoms with Crippen LogP contribution in [0, 0.1) is 0 Å². The van der Waals surface area contributed by atoms with Crippen molar-refractivity contribution in [3.05, 3.63) is 54.1 Å². The SMILES string of the molecule is CO[C@H]1CCN(S(=O)(=O)c2cccc(C(=O)NCc3ccncn3)c2)C1. The second kappa shape index (κ2) is 7.90. The minimum atomic E-state index is -3.65. The molecule has 0 radical (unpaired) electrons. The monoisotopic (exact) mass is 376 g/mol. The largest absolute Gasteiger partial charge is 0.380 e. The molecule has 1 aliphatic rings. The van der Waals surface area contributed by atoms with E-state index in [2.05, 4.69) is 15.3 Å². The maximum Gasteiger partial charge on any atom is 0.251 e. The highest BCUT2D eigenvalue weighted by Crippen LogP contribution is 2.23. The number of rotatable bonds is 6. The predicted octanol–water partition coefficient (Wildman–Crippen LogP) is 0.816. The summed E-state index contributed by atoms with van der Waals surface area (Å²) in [6.45, 7) is 0.966. The molecule has 1 atom stereocenters. The molecule has 1 aromatic carbocycles. The van der Waals surface area contributed by atoms with E-state index < -0.39 is 10.0 Å². The topological polar surface area (TPSA) is 101 Å². The van der Waals surface area contributed by atoms with Gasteiger partial charge >= 0.3 is 0 Å². The highest BCUT2D eigenvalue weighted by molar-refractivity contribution is 7.89. The molecule has 1 amide bonds. The second-order valence-corrected chi connectivity index (χ2v) is 7.86. The van der Waals surface area contributed by atoms with Crippen molar-refractivity contribution in [2.75, 3.05) is 20.2 Å². The molecule has 1 aliphatic heterocycles. The number of aromatic nitrogens is 2. The molecular formula is C17H20N4O4S. The number of sulfonamides is 1. The van der Waals surface area contributed by atoms with Crippen LogP contribution in [0.4, 0.5) is 0 Å². The van der Waals surface area contributed by atoms with Gasteiger partial charge in [-0.2, -0.15) is 4.31 Å². The van der Waals surface area contributed by atoms with Crippen LogP contribution < -0.4 is 5.32 Å². The van der Waals surface area contributed by atoms with E-state index in [4.69, 9.17) is 4.74 Å². The fourth-order valence-electron chi connectivity index (χ4n) is 2.75. The summed E-state index contributed by atoms with van der Waals surface area (Å²) in [7, 11) is -2.08. The number of methoxy groups -OCH3 is 1. The molecule has 0 unspecified atom stereocenters. The van der Waals surface area contributed by atoms with Crippen molar-refractivity contribution in [2.24, 2.45) is 0 Å². The molecule has 8 nitrogen and oxygen atoms in total. The molecule has 0 bridgehead atoms. The third-order valence-corrected chi connectivity index (χ3v) is 6.11. The zero-order valence-electron chi connectivity index (χ0n) is 14.3. The molecule has 1 saturated heterocycles. The van der Waals surface area contributed by atoms with Gasteiger partial charge in [-0.1, -0.05) is 6.07 Å². The summed E-state index contributed by atoms with van der Waals surface area (Å²) in [6, 6.07) is 7.73. The summed E-state index contributed by atoms with van der Waals surface area (Å²) in [4.78, 5) is 20.3. The van der Waals surface area contributed by atoms with Gasteiger partial charge in [0.25, 0.3) is 5.91 Å². The zero-order valence-corrected chi connectivity index (χ0v) is 15.1. The summed E-state index contributed by atoms with van der Waals surface area (Å²) in [5, 5.41) is 2.72. The zero-order chi connectivity index (χ0) is 18.6. The van der Waals surface area contributed by atoms with Crippen molar-refractivity contribution in [2.45, 2.75) is 24.0 Å². The van der Waals surface area contributed by atoms with Crippen LogP contribution in [-0.2, 0) is 21.3 Å². The Morgan fingerprint density at radius 1 is 1.38 bits per heavy atom. The van der Waals surface area contributed by atoms with Crippen molar-refractivity contribution in [1.82, 2.24) is 19.6 Å². The van der Waals surface area contributed by atoms with E-state index in [1.807, 2.05) is 0 Å². The van der Waals surface area contributed by atoms with E-state index in [9.17, 15) is 13.2 Å². The second-order valence-electron chi connectivity index (χ2n) is 5.92. The fraction of sp³-hybridized carbons (Fsp3) is 0.353. The molecule has 26 heavy (non-hydrogen) atoms. The van der Waals surface area contributed by atoms with Gasteiger partial charge in [-0.15, -0.1) is 0 Å². The molecule has 1 fully saturated rings. The Bertz CT molecular complexity index is 873. The highest BCUT2D eigenvalue weighted by atomic mass is 32.2. The van der Waals surface area contributed by atoms with Gasteiger partial charge in [0.05, 0.1) is 23.2 Å². The normalized spacial score (nSPS) is 18.0. The van der Waals surface area contributed by atoms with Gasteiger partial charge < -0.3 is 10.1 Å². The Morgan fingerprint density at radius 2 is 2.23 bits per heavy atom. The maximum atomic E-state index is 12.8. The van der Waals surface area contributed by atoms with Gasteiger partial charge in [-0.3, -0.25) is 4.79 Å². The number of hydrogen-bond donors (Lipinski definition) is 1. The molecule has 1 aromatic heterocycles. The molecule has 0 saturated carbocycles. The van der Waals surface area contributed by atoms with Crippen molar-refractivity contribution in [3.8, 4) is 0 Å². The third-order valence-electron chi connectivity index (χ3n) is 4.25. The first-order valence-electron chi connectivity index (χ1n) is 8.17. The van der Waals surface area contributed by atoms with Crippen LogP contribution in [0.15, 0.2) is 47.8 Å². The quantitative estimate of drug-likeness (QED) is 0.801. The van der Waals surface area contributed by atoms with Crippen LogP contribution in [-0.4, -0.2) is 54.9 Å².